The lowest BCUT2D eigenvalue weighted by Crippen LogP contribution is -2.24. The average molecular weight is 489 g/mol. The van der Waals surface area contributed by atoms with Gasteiger partial charge in [0.25, 0.3) is 0 Å². The molecule has 3 aromatic heterocycles. The van der Waals surface area contributed by atoms with Crippen LogP contribution >= 0.6 is 0 Å². The van der Waals surface area contributed by atoms with E-state index in [0.717, 1.165) is 11.5 Å². The van der Waals surface area contributed by atoms with E-state index in [1.165, 1.54) is 49.6 Å². The minimum absolute atomic E-state index is 0.144. The first kappa shape index (κ1) is 21.2. The maximum absolute atomic E-state index is 4.72. The number of nitrogens with zero attached hydrogens (tertiary/aromatic N) is 4. The van der Waals surface area contributed by atoms with Crippen LogP contribution in [0, 0.1) is 6.33 Å². The molecule has 4 heteroatoms. The molecular weight excluding hydrogens is 464 g/mol. The van der Waals surface area contributed by atoms with Crippen molar-refractivity contribution in [2.24, 2.45) is 7.05 Å². The van der Waals surface area contributed by atoms with E-state index in [0.29, 0.717) is 0 Å². The van der Waals surface area contributed by atoms with Gasteiger partial charge in [0.2, 0.25) is 6.33 Å². The lowest BCUT2D eigenvalue weighted by atomic mass is 9.88. The number of para-hydroxylation sites is 1. The molecular formula is C34H24N4. The molecule has 0 spiro atoms. The van der Waals surface area contributed by atoms with Crippen LogP contribution in [0.2, 0.25) is 0 Å². The number of imidazole rings is 1. The molecule has 0 N–H and O–H groups in total. The zero-order chi connectivity index (χ0) is 25.2. The van der Waals surface area contributed by atoms with E-state index in [2.05, 4.69) is 119 Å². The van der Waals surface area contributed by atoms with Crippen LogP contribution in [-0.2, 0) is 7.05 Å². The Hall–Kier alpha value is -4.96. The molecule has 0 saturated heterocycles. The highest BCUT2D eigenvalue weighted by molar-refractivity contribution is 6.09. The van der Waals surface area contributed by atoms with Gasteiger partial charge in [-0.25, -0.2) is 4.98 Å². The predicted molar refractivity (Wildman–Crippen MR) is 151 cm³/mol. The van der Waals surface area contributed by atoms with Crippen molar-refractivity contribution < 1.29 is 4.57 Å². The summed E-state index contributed by atoms with van der Waals surface area (Å²) < 4.78 is 6.30. The van der Waals surface area contributed by atoms with Gasteiger partial charge < -0.3 is 9.13 Å². The number of benzene rings is 4. The number of pyridine rings is 1. The Kier molecular flexibility index (Phi) is 4.47. The van der Waals surface area contributed by atoms with Gasteiger partial charge >= 0.3 is 0 Å². The number of rotatable bonds is 3. The van der Waals surface area contributed by atoms with E-state index >= 15 is 0 Å². The number of hydrogen-bond donors (Lipinski definition) is 0. The van der Waals surface area contributed by atoms with Crippen LogP contribution in [0.4, 0.5) is 0 Å². The molecule has 0 aliphatic heterocycles. The summed E-state index contributed by atoms with van der Waals surface area (Å²) in [6, 6.07) is 37.3. The van der Waals surface area contributed by atoms with Crippen LogP contribution in [-0.4, -0.2) is 14.1 Å². The van der Waals surface area contributed by atoms with Crippen LogP contribution in [0.15, 0.2) is 122 Å². The smallest absolute Gasteiger partial charge is 0.243 e. The minimum atomic E-state index is 0.144. The lowest BCUT2D eigenvalue weighted by molar-refractivity contribution is -0.674. The molecule has 0 saturated carbocycles. The van der Waals surface area contributed by atoms with Crippen molar-refractivity contribution in [1.29, 1.82) is 0 Å². The predicted octanol–water partition coefficient (Wildman–Crippen LogP) is 6.75. The van der Waals surface area contributed by atoms with Gasteiger partial charge in [-0.1, -0.05) is 78.9 Å². The van der Waals surface area contributed by atoms with Gasteiger partial charge in [0, 0.05) is 35.3 Å². The number of aryl methyl sites for hydroxylation is 1. The van der Waals surface area contributed by atoms with Gasteiger partial charge in [0.1, 0.15) is 5.82 Å². The Morgan fingerprint density at radius 1 is 0.737 bits per heavy atom. The molecule has 1 atom stereocenters. The fourth-order valence-electron chi connectivity index (χ4n) is 6.15. The molecule has 4 aromatic carbocycles. The highest BCUT2D eigenvalue weighted by atomic mass is 15.1. The van der Waals surface area contributed by atoms with Gasteiger partial charge in [-0.15, -0.1) is 0 Å². The molecule has 0 bridgehead atoms. The zero-order valence-corrected chi connectivity index (χ0v) is 20.9. The summed E-state index contributed by atoms with van der Waals surface area (Å²) in [5.74, 6) is 1.08. The molecule has 180 valence electrons. The van der Waals surface area contributed by atoms with Crippen molar-refractivity contribution in [2.45, 2.75) is 5.92 Å². The monoisotopic (exact) mass is 488 g/mol. The zero-order valence-electron chi connectivity index (χ0n) is 20.9. The molecule has 0 radical (unpaired) electrons. The van der Waals surface area contributed by atoms with Crippen LogP contribution in [0.25, 0.3) is 44.4 Å². The minimum Gasteiger partial charge on any atom is -0.326 e. The third-order valence-corrected chi connectivity index (χ3v) is 7.80. The summed E-state index contributed by atoms with van der Waals surface area (Å²) in [7, 11) is 2.00. The molecule has 1 aliphatic rings. The van der Waals surface area contributed by atoms with Crippen molar-refractivity contribution in [3.63, 3.8) is 0 Å². The number of aromatic nitrogens is 4. The number of fused-ring (bicyclic) bond motifs is 6. The second-order valence-corrected chi connectivity index (χ2v) is 9.99. The van der Waals surface area contributed by atoms with Gasteiger partial charge in [0.05, 0.1) is 23.8 Å². The normalized spacial score (nSPS) is 14.2. The van der Waals surface area contributed by atoms with Crippen LogP contribution in [0.3, 0.4) is 0 Å². The SMILES string of the molecule is C[n+]1[c-]n(-c2ccc3c(c2)C(c2ccc4c5ccccc5n(-c5ccccn5)c4c2)c2ccccc2-3)cc1. The van der Waals surface area contributed by atoms with E-state index in [1.54, 1.807) is 0 Å². The average Bonchev–Trinajstić information content (AvgIpc) is 3.64. The third-order valence-electron chi connectivity index (χ3n) is 7.80. The Balaban J connectivity index is 1.38. The summed E-state index contributed by atoms with van der Waals surface area (Å²) >= 11 is 0. The van der Waals surface area contributed by atoms with Crippen LogP contribution in [0.1, 0.15) is 22.6 Å². The fourth-order valence-corrected chi connectivity index (χ4v) is 6.15. The van der Waals surface area contributed by atoms with Gasteiger partial charge in [-0.05, 0) is 52.1 Å². The number of hydrogen-bond acceptors (Lipinski definition) is 1. The van der Waals surface area contributed by atoms with Gasteiger partial charge in [0.15, 0.2) is 0 Å². The summed E-state index contributed by atoms with van der Waals surface area (Å²) in [5, 5.41) is 2.48. The van der Waals surface area contributed by atoms with E-state index < -0.39 is 0 Å². The summed E-state index contributed by atoms with van der Waals surface area (Å²) in [6.45, 7) is 0. The quantitative estimate of drug-likeness (QED) is 0.199. The largest absolute Gasteiger partial charge is 0.326 e. The van der Waals surface area contributed by atoms with E-state index in [4.69, 9.17) is 4.98 Å². The van der Waals surface area contributed by atoms with Gasteiger partial charge in [-0.2, -0.15) is 0 Å². The summed E-state index contributed by atoms with van der Waals surface area (Å²) in [4.78, 5) is 4.72. The molecule has 4 nitrogen and oxygen atoms in total. The summed E-state index contributed by atoms with van der Waals surface area (Å²) in [5.41, 5.74) is 10.0. The topological polar surface area (TPSA) is 26.6 Å². The highest BCUT2D eigenvalue weighted by Crippen LogP contribution is 2.49. The maximum atomic E-state index is 4.72. The second kappa shape index (κ2) is 8.02. The molecule has 7 aromatic rings. The van der Waals surface area contributed by atoms with Crippen LogP contribution < -0.4 is 4.57 Å². The molecule has 3 heterocycles. The fraction of sp³-hybridized carbons (Fsp3) is 0.0588. The third kappa shape index (κ3) is 3.04. The molecule has 38 heavy (non-hydrogen) atoms. The van der Waals surface area contributed by atoms with Gasteiger partial charge in [-0.3, -0.25) is 4.57 Å². The molecule has 0 fully saturated rings. The Morgan fingerprint density at radius 3 is 2.42 bits per heavy atom. The van der Waals surface area contributed by atoms with Crippen molar-refractivity contribution in [3.8, 4) is 22.6 Å². The molecule has 1 unspecified atom stereocenters. The summed E-state index contributed by atoms with van der Waals surface area (Å²) in [6.07, 6.45) is 9.28. The second-order valence-electron chi connectivity index (χ2n) is 9.99. The standard InChI is InChI=1S/C34H24N4/c1-36-18-19-37(22-36)24-14-16-26-25-8-2-3-10-29(25)34(30(26)21-24)23-13-15-28-27-9-4-5-11-31(27)38(32(28)20-23)33-12-6-7-17-35-33/h2-21,34H,1H3. The van der Waals surface area contributed by atoms with E-state index in [9.17, 15) is 0 Å². The molecule has 1 aliphatic carbocycles. The highest BCUT2D eigenvalue weighted by Gasteiger charge is 2.30. The van der Waals surface area contributed by atoms with Crippen molar-refractivity contribution in [3.05, 3.63) is 145 Å². The van der Waals surface area contributed by atoms with Crippen LogP contribution in [0.5, 0.6) is 0 Å². The Bertz CT molecular complexity index is 1990. The van der Waals surface area contributed by atoms with Crippen molar-refractivity contribution >= 4 is 21.8 Å². The molecule has 0 amide bonds. The first-order valence-corrected chi connectivity index (χ1v) is 12.9. The van der Waals surface area contributed by atoms with Crippen molar-refractivity contribution in [1.82, 2.24) is 14.1 Å². The first-order valence-electron chi connectivity index (χ1n) is 12.9. The van der Waals surface area contributed by atoms with E-state index in [1.807, 2.05) is 30.1 Å². The molecule has 8 rings (SSSR count). The Labute approximate surface area is 220 Å². The van der Waals surface area contributed by atoms with E-state index in [-0.39, 0.29) is 5.92 Å². The lowest BCUT2D eigenvalue weighted by Gasteiger charge is -2.17. The maximum Gasteiger partial charge on any atom is 0.243 e. The Morgan fingerprint density at radius 2 is 1.55 bits per heavy atom. The first-order chi connectivity index (χ1) is 18.8. The van der Waals surface area contributed by atoms with Crippen molar-refractivity contribution in [2.75, 3.05) is 0 Å².